The quantitative estimate of drug-likeness (QED) is 0.585. The van der Waals surface area contributed by atoms with Gasteiger partial charge in [0.2, 0.25) is 0 Å². The van der Waals surface area contributed by atoms with Crippen molar-refractivity contribution in [1.29, 1.82) is 0 Å². The third-order valence-corrected chi connectivity index (χ3v) is 5.43. The van der Waals surface area contributed by atoms with Crippen LogP contribution in [0.5, 0.6) is 0 Å². The van der Waals surface area contributed by atoms with Crippen molar-refractivity contribution in [3.8, 4) is 0 Å². The molecule has 0 aliphatic carbocycles. The summed E-state index contributed by atoms with van der Waals surface area (Å²) in [5.41, 5.74) is 6.12. The molecule has 1 aliphatic rings. The standard InChI is InChI=1S/C23H27NO2/c1-3-5-6-17(4-2)14-24-22-9-7-18(15-25)11-20(22)13-21-12-19(16-26)8-10-23(21)24/h7-12,15-17H,3-6,13-14H2,1-2H3. The molecule has 1 aliphatic heterocycles. The number of fused-ring (bicyclic) bond motifs is 2. The third-order valence-electron chi connectivity index (χ3n) is 5.43. The molecule has 2 aromatic carbocycles. The summed E-state index contributed by atoms with van der Waals surface area (Å²) in [5.74, 6) is 0.630. The maximum atomic E-state index is 11.2. The van der Waals surface area contributed by atoms with Crippen molar-refractivity contribution in [3.63, 3.8) is 0 Å². The second-order valence-electron chi connectivity index (χ2n) is 7.22. The van der Waals surface area contributed by atoms with Crippen molar-refractivity contribution in [2.45, 2.75) is 46.0 Å². The van der Waals surface area contributed by atoms with Gasteiger partial charge >= 0.3 is 0 Å². The molecule has 3 heteroatoms. The summed E-state index contributed by atoms with van der Waals surface area (Å²) < 4.78 is 0. The first kappa shape index (κ1) is 18.4. The number of benzene rings is 2. The number of hydrogen-bond acceptors (Lipinski definition) is 3. The predicted molar refractivity (Wildman–Crippen MR) is 107 cm³/mol. The second kappa shape index (κ2) is 8.31. The zero-order valence-electron chi connectivity index (χ0n) is 15.7. The molecular weight excluding hydrogens is 322 g/mol. The van der Waals surface area contributed by atoms with E-state index >= 15 is 0 Å². The van der Waals surface area contributed by atoms with Gasteiger partial charge in [0.25, 0.3) is 0 Å². The molecule has 0 aromatic heterocycles. The van der Waals surface area contributed by atoms with Gasteiger partial charge in [-0.25, -0.2) is 0 Å². The lowest BCUT2D eigenvalue weighted by Crippen LogP contribution is -2.29. The van der Waals surface area contributed by atoms with Gasteiger partial charge in [0.05, 0.1) is 0 Å². The Balaban J connectivity index is 2.01. The van der Waals surface area contributed by atoms with Crippen molar-refractivity contribution in [1.82, 2.24) is 0 Å². The number of unbranched alkanes of at least 4 members (excludes halogenated alkanes) is 1. The molecule has 0 saturated heterocycles. The molecule has 1 unspecified atom stereocenters. The summed E-state index contributed by atoms with van der Waals surface area (Å²) in [6.07, 6.45) is 7.41. The lowest BCUT2D eigenvalue weighted by atomic mass is 9.91. The van der Waals surface area contributed by atoms with Crippen molar-refractivity contribution >= 4 is 23.9 Å². The van der Waals surface area contributed by atoms with Crippen LogP contribution < -0.4 is 4.90 Å². The van der Waals surface area contributed by atoms with Gasteiger partial charge < -0.3 is 4.90 Å². The van der Waals surface area contributed by atoms with E-state index in [2.05, 4.69) is 30.9 Å². The molecule has 0 fully saturated rings. The minimum Gasteiger partial charge on any atom is -0.341 e. The van der Waals surface area contributed by atoms with Crippen LogP contribution in [0, 0.1) is 5.92 Å². The second-order valence-corrected chi connectivity index (χ2v) is 7.22. The molecule has 3 nitrogen and oxygen atoms in total. The Kier molecular flexibility index (Phi) is 5.87. The Labute approximate surface area is 156 Å². The molecular formula is C23H27NO2. The molecule has 136 valence electrons. The maximum absolute atomic E-state index is 11.2. The Morgan fingerprint density at radius 3 is 2.00 bits per heavy atom. The first-order valence-corrected chi connectivity index (χ1v) is 9.63. The normalized spacial score (nSPS) is 13.7. The SMILES string of the molecule is CCCCC(CC)CN1c2ccc(C=O)cc2Cc2cc(C=O)ccc21. The van der Waals surface area contributed by atoms with Gasteiger partial charge in [-0.05, 0) is 59.9 Å². The largest absolute Gasteiger partial charge is 0.341 e. The molecule has 3 rings (SSSR count). The fraction of sp³-hybridized carbons (Fsp3) is 0.391. The van der Waals surface area contributed by atoms with Gasteiger partial charge in [0.15, 0.2) is 0 Å². The van der Waals surface area contributed by atoms with Crippen molar-refractivity contribution in [3.05, 3.63) is 58.7 Å². The number of aldehydes is 2. The summed E-state index contributed by atoms with van der Waals surface area (Å²) in [4.78, 5) is 24.8. The van der Waals surface area contributed by atoms with Crippen molar-refractivity contribution in [2.24, 2.45) is 5.92 Å². The van der Waals surface area contributed by atoms with E-state index in [4.69, 9.17) is 0 Å². The zero-order chi connectivity index (χ0) is 18.5. The maximum Gasteiger partial charge on any atom is 0.150 e. The van der Waals surface area contributed by atoms with Crippen LogP contribution >= 0.6 is 0 Å². The summed E-state index contributed by atoms with van der Waals surface area (Å²) in [6.45, 7) is 5.47. The van der Waals surface area contributed by atoms with E-state index in [0.717, 1.165) is 43.1 Å². The highest BCUT2D eigenvalue weighted by Gasteiger charge is 2.25. The molecule has 0 bridgehead atoms. The number of hydrogen-bond donors (Lipinski definition) is 0. The van der Waals surface area contributed by atoms with Crippen LogP contribution in [0.2, 0.25) is 0 Å². The van der Waals surface area contributed by atoms with E-state index in [1.54, 1.807) is 0 Å². The van der Waals surface area contributed by atoms with Crippen LogP contribution in [0.1, 0.15) is 71.4 Å². The number of carbonyl (C=O) groups is 2. The number of anilines is 2. The van der Waals surface area contributed by atoms with Gasteiger partial charge in [0, 0.05) is 35.5 Å². The fourth-order valence-electron chi connectivity index (χ4n) is 3.87. The van der Waals surface area contributed by atoms with Crippen molar-refractivity contribution < 1.29 is 9.59 Å². The van der Waals surface area contributed by atoms with Gasteiger partial charge in [0.1, 0.15) is 12.6 Å². The van der Waals surface area contributed by atoms with E-state index < -0.39 is 0 Å². The van der Waals surface area contributed by atoms with E-state index in [1.807, 2.05) is 24.3 Å². The van der Waals surface area contributed by atoms with Crippen LogP contribution in [0.4, 0.5) is 11.4 Å². The summed E-state index contributed by atoms with van der Waals surface area (Å²) in [6, 6.07) is 11.9. The number of rotatable bonds is 8. The molecule has 1 atom stereocenters. The zero-order valence-corrected chi connectivity index (χ0v) is 15.7. The first-order valence-electron chi connectivity index (χ1n) is 9.63. The summed E-state index contributed by atoms with van der Waals surface area (Å²) in [7, 11) is 0. The number of nitrogens with zero attached hydrogens (tertiary/aromatic N) is 1. The Bertz CT molecular complexity index is 739. The highest BCUT2D eigenvalue weighted by atomic mass is 16.1. The predicted octanol–water partition coefficient (Wildman–Crippen LogP) is 5.57. The lowest BCUT2D eigenvalue weighted by Gasteiger charge is -2.36. The molecule has 0 spiro atoms. The Morgan fingerprint density at radius 1 is 0.962 bits per heavy atom. The average molecular weight is 349 g/mol. The van der Waals surface area contributed by atoms with E-state index in [1.165, 1.54) is 30.6 Å². The Hall–Kier alpha value is -2.42. The Morgan fingerprint density at radius 2 is 1.54 bits per heavy atom. The minimum absolute atomic E-state index is 0.630. The highest BCUT2D eigenvalue weighted by Crippen LogP contribution is 2.40. The molecule has 1 heterocycles. The van der Waals surface area contributed by atoms with Gasteiger partial charge in [-0.2, -0.15) is 0 Å². The van der Waals surface area contributed by atoms with E-state index in [9.17, 15) is 9.59 Å². The minimum atomic E-state index is 0.630. The van der Waals surface area contributed by atoms with Crippen LogP contribution in [0.3, 0.4) is 0 Å². The van der Waals surface area contributed by atoms with E-state index in [0.29, 0.717) is 17.0 Å². The molecule has 26 heavy (non-hydrogen) atoms. The smallest absolute Gasteiger partial charge is 0.150 e. The molecule has 2 aromatic rings. The van der Waals surface area contributed by atoms with Crippen LogP contribution in [0.15, 0.2) is 36.4 Å². The monoisotopic (exact) mass is 349 g/mol. The van der Waals surface area contributed by atoms with Crippen LogP contribution in [0.25, 0.3) is 0 Å². The number of carbonyl (C=O) groups excluding carboxylic acids is 2. The topological polar surface area (TPSA) is 37.4 Å². The summed E-state index contributed by atoms with van der Waals surface area (Å²) in [5, 5.41) is 0. The van der Waals surface area contributed by atoms with Crippen LogP contribution in [-0.2, 0) is 6.42 Å². The van der Waals surface area contributed by atoms with Gasteiger partial charge in [-0.3, -0.25) is 9.59 Å². The molecule has 0 amide bonds. The van der Waals surface area contributed by atoms with Gasteiger partial charge in [-0.15, -0.1) is 0 Å². The van der Waals surface area contributed by atoms with Crippen molar-refractivity contribution in [2.75, 3.05) is 11.4 Å². The van der Waals surface area contributed by atoms with Crippen LogP contribution in [-0.4, -0.2) is 19.1 Å². The lowest BCUT2D eigenvalue weighted by molar-refractivity contribution is 0.111. The van der Waals surface area contributed by atoms with E-state index in [-0.39, 0.29) is 0 Å². The molecule has 0 saturated carbocycles. The third kappa shape index (κ3) is 3.72. The fourth-order valence-corrected chi connectivity index (χ4v) is 3.87. The summed E-state index contributed by atoms with van der Waals surface area (Å²) >= 11 is 0. The first-order chi connectivity index (χ1) is 12.7. The molecule has 0 N–H and O–H groups in total. The van der Waals surface area contributed by atoms with Gasteiger partial charge in [-0.1, -0.05) is 33.1 Å². The average Bonchev–Trinajstić information content (AvgIpc) is 2.69. The molecule has 0 radical (unpaired) electrons. The highest BCUT2D eigenvalue weighted by molar-refractivity contribution is 5.83.